The van der Waals surface area contributed by atoms with Crippen molar-refractivity contribution in [3.63, 3.8) is 0 Å². The zero-order valence-corrected chi connectivity index (χ0v) is 13.4. The van der Waals surface area contributed by atoms with E-state index in [4.69, 9.17) is 34.3 Å². The van der Waals surface area contributed by atoms with Crippen LogP contribution in [0.3, 0.4) is 0 Å². The third-order valence-electron chi connectivity index (χ3n) is 2.47. The summed E-state index contributed by atoms with van der Waals surface area (Å²) in [6.07, 6.45) is 0.583. The van der Waals surface area contributed by atoms with Gasteiger partial charge < -0.3 is 10.5 Å². The molecule has 0 aliphatic carbocycles. The summed E-state index contributed by atoms with van der Waals surface area (Å²) in [6, 6.07) is 4.42. The second-order valence-electron chi connectivity index (χ2n) is 3.96. The van der Waals surface area contributed by atoms with E-state index >= 15 is 0 Å². The van der Waals surface area contributed by atoms with Gasteiger partial charge in [-0.25, -0.2) is 13.1 Å². The van der Waals surface area contributed by atoms with Crippen LogP contribution in [0.2, 0.25) is 5.02 Å². The normalized spacial score (nSPS) is 11.5. The van der Waals surface area contributed by atoms with Gasteiger partial charge in [-0.2, -0.15) is 0 Å². The quantitative estimate of drug-likeness (QED) is 0.557. The van der Waals surface area contributed by atoms with Crippen molar-refractivity contribution in [1.82, 2.24) is 4.72 Å². The molecular weight excluding hydrogens is 320 g/mol. The van der Waals surface area contributed by atoms with Gasteiger partial charge in [-0.3, -0.25) is 0 Å². The average molecular weight is 337 g/mol. The maximum atomic E-state index is 12.1. The minimum Gasteiger partial charge on any atom is -0.389 e. The van der Waals surface area contributed by atoms with Crippen LogP contribution in [0, 0.1) is 0 Å². The van der Waals surface area contributed by atoms with E-state index in [0.717, 1.165) is 0 Å². The highest BCUT2D eigenvalue weighted by Crippen LogP contribution is 2.22. The lowest BCUT2D eigenvalue weighted by Gasteiger charge is -2.10. The monoisotopic (exact) mass is 336 g/mol. The van der Waals surface area contributed by atoms with Gasteiger partial charge >= 0.3 is 0 Å². The number of benzene rings is 1. The second-order valence-corrected chi connectivity index (χ2v) is 6.54. The molecule has 5 nitrogen and oxygen atoms in total. The first kappa shape index (κ1) is 17.3. The molecule has 20 heavy (non-hydrogen) atoms. The van der Waals surface area contributed by atoms with Gasteiger partial charge in [0, 0.05) is 25.3 Å². The van der Waals surface area contributed by atoms with Gasteiger partial charge in [-0.1, -0.05) is 29.9 Å². The number of rotatable bonds is 8. The van der Waals surface area contributed by atoms with E-state index in [1.807, 2.05) is 6.92 Å². The Hall–Kier alpha value is -0.730. The SMILES string of the molecule is CCOCCCNS(=O)(=O)c1cc(C(N)=S)ccc1Cl. The third kappa shape index (κ3) is 4.99. The van der Waals surface area contributed by atoms with E-state index in [2.05, 4.69) is 4.72 Å². The molecule has 0 fully saturated rings. The number of nitrogens with one attached hydrogen (secondary N) is 1. The predicted octanol–water partition coefficient (Wildman–Crippen LogP) is 1.68. The van der Waals surface area contributed by atoms with E-state index in [0.29, 0.717) is 25.2 Å². The summed E-state index contributed by atoms with van der Waals surface area (Å²) < 4.78 is 31.9. The van der Waals surface area contributed by atoms with Crippen LogP contribution in [-0.2, 0) is 14.8 Å². The molecule has 8 heteroatoms. The lowest BCUT2D eigenvalue weighted by atomic mass is 10.2. The van der Waals surface area contributed by atoms with Crippen molar-refractivity contribution in [3.8, 4) is 0 Å². The van der Waals surface area contributed by atoms with Crippen LogP contribution in [0.25, 0.3) is 0 Å². The number of halogens is 1. The zero-order valence-electron chi connectivity index (χ0n) is 11.1. The van der Waals surface area contributed by atoms with Crippen LogP contribution in [0.5, 0.6) is 0 Å². The van der Waals surface area contributed by atoms with Gasteiger partial charge in [0.1, 0.15) is 9.88 Å². The smallest absolute Gasteiger partial charge is 0.242 e. The fraction of sp³-hybridized carbons (Fsp3) is 0.417. The Morgan fingerprint density at radius 1 is 1.50 bits per heavy atom. The van der Waals surface area contributed by atoms with Gasteiger partial charge in [0.25, 0.3) is 0 Å². The fourth-order valence-electron chi connectivity index (χ4n) is 1.47. The molecule has 1 aromatic rings. The Morgan fingerprint density at radius 2 is 2.20 bits per heavy atom. The Morgan fingerprint density at radius 3 is 2.80 bits per heavy atom. The van der Waals surface area contributed by atoms with E-state index in [1.54, 1.807) is 6.07 Å². The van der Waals surface area contributed by atoms with Gasteiger partial charge in [-0.05, 0) is 25.5 Å². The molecule has 0 saturated carbocycles. The van der Waals surface area contributed by atoms with Crippen LogP contribution < -0.4 is 10.5 Å². The molecule has 0 bridgehead atoms. The molecule has 0 spiro atoms. The highest BCUT2D eigenvalue weighted by atomic mass is 35.5. The van der Waals surface area contributed by atoms with Gasteiger partial charge in [0.05, 0.1) is 5.02 Å². The fourth-order valence-corrected chi connectivity index (χ4v) is 3.19. The Bertz CT molecular complexity index is 576. The Balaban J connectivity index is 2.81. The van der Waals surface area contributed by atoms with Crippen molar-refractivity contribution in [2.45, 2.75) is 18.2 Å². The molecular formula is C12H17ClN2O3S2. The van der Waals surface area contributed by atoms with Crippen LogP contribution in [0.4, 0.5) is 0 Å². The molecule has 0 amide bonds. The predicted molar refractivity (Wildman–Crippen MR) is 83.6 cm³/mol. The number of thiocarbonyl (C=S) groups is 1. The van der Waals surface area contributed by atoms with Gasteiger partial charge in [0.2, 0.25) is 10.0 Å². The minimum absolute atomic E-state index is 0.0270. The summed E-state index contributed by atoms with van der Waals surface area (Å²) in [7, 11) is -3.69. The van der Waals surface area contributed by atoms with Crippen molar-refractivity contribution in [2.24, 2.45) is 5.73 Å². The van der Waals surface area contributed by atoms with Crippen molar-refractivity contribution in [2.75, 3.05) is 19.8 Å². The number of sulfonamides is 1. The molecule has 0 aromatic heterocycles. The van der Waals surface area contributed by atoms with Crippen molar-refractivity contribution in [3.05, 3.63) is 28.8 Å². The molecule has 0 unspecified atom stereocenters. The van der Waals surface area contributed by atoms with E-state index in [1.165, 1.54) is 12.1 Å². The van der Waals surface area contributed by atoms with E-state index in [-0.39, 0.29) is 21.5 Å². The molecule has 0 heterocycles. The largest absolute Gasteiger partial charge is 0.389 e. The summed E-state index contributed by atoms with van der Waals surface area (Å²) >= 11 is 10.7. The van der Waals surface area contributed by atoms with Crippen LogP contribution in [0.15, 0.2) is 23.1 Å². The zero-order chi connectivity index (χ0) is 15.2. The highest BCUT2D eigenvalue weighted by molar-refractivity contribution is 7.89. The summed E-state index contributed by atoms with van der Waals surface area (Å²) in [5.74, 6) is 0. The molecule has 1 aromatic carbocycles. The number of hydrogen-bond acceptors (Lipinski definition) is 4. The maximum Gasteiger partial charge on any atom is 0.242 e. The molecule has 112 valence electrons. The summed E-state index contributed by atoms with van der Waals surface area (Å²) in [4.78, 5) is 0.0929. The van der Waals surface area contributed by atoms with Crippen LogP contribution >= 0.6 is 23.8 Å². The van der Waals surface area contributed by atoms with Crippen molar-refractivity contribution in [1.29, 1.82) is 0 Å². The maximum absolute atomic E-state index is 12.1. The lowest BCUT2D eigenvalue weighted by Crippen LogP contribution is -2.26. The first-order chi connectivity index (χ1) is 9.38. The third-order valence-corrected chi connectivity index (χ3v) is 4.65. The Labute approximate surface area is 129 Å². The molecule has 0 aliphatic rings. The van der Waals surface area contributed by atoms with Crippen LogP contribution in [-0.4, -0.2) is 33.2 Å². The molecule has 1 rings (SSSR count). The summed E-state index contributed by atoms with van der Waals surface area (Å²) in [6.45, 7) is 3.26. The topological polar surface area (TPSA) is 81.4 Å². The molecule has 0 radical (unpaired) electrons. The van der Waals surface area contributed by atoms with E-state index < -0.39 is 10.0 Å². The number of ether oxygens (including phenoxy) is 1. The number of hydrogen-bond donors (Lipinski definition) is 2. The van der Waals surface area contributed by atoms with Crippen LogP contribution in [0.1, 0.15) is 18.9 Å². The highest BCUT2D eigenvalue weighted by Gasteiger charge is 2.18. The lowest BCUT2D eigenvalue weighted by molar-refractivity contribution is 0.146. The number of nitrogens with two attached hydrogens (primary N) is 1. The first-order valence-corrected chi connectivity index (χ1v) is 8.32. The van der Waals surface area contributed by atoms with Gasteiger partial charge in [0.15, 0.2) is 0 Å². The summed E-state index contributed by atoms with van der Waals surface area (Å²) in [5, 5.41) is 0.127. The van der Waals surface area contributed by atoms with Crippen molar-refractivity contribution < 1.29 is 13.2 Å². The summed E-state index contributed by atoms with van der Waals surface area (Å²) in [5.41, 5.74) is 5.95. The molecule has 0 aliphatic heterocycles. The minimum atomic E-state index is -3.69. The average Bonchev–Trinajstić information content (AvgIpc) is 2.38. The standard InChI is InChI=1S/C12H17ClN2O3S2/c1-2-18-7-3-6-15-20(16,17)11-8-9(12(14)19)4-5-10(11)13/h4-5,8,15H,2-3,6-7H2,1H3,(H2,14,19). The molecule has 0 atom stereocenters. The van der Waals surface area contributed by atoms with E-state index in [9.17, 15) is 8.42 Å². The van der Waals surface area contributed by atoms with Crippen molar-refractivity contribution >= 4 is 38.8 Å². The first-order valence-electron chi connectivity index (χ1n) is 6.05. The second kappa shape index (κ2) is 7.90. The van der Waals surface area contributed by atoms with Gasteiger partial charge in [-0.15, -0.1) is 0 Å². The molecule has 0 saturated heterocycles. The molecule has 3 N–H and O–H groups in total. The Kier molecular flexibility index (Phi) is 6.84.